The normalized spacial score (nSPS) is 13.8. The zero-order valence-corrected chi connectivity index (χ0v) is 15.5. The summed E-state index contributed by atoms with van der Waals surface area (Å²) in [7, 11) is 0. The highest BCUT2D eigenvalue weighted by molar-refractivity contribution is 6.03. The monoisotopic (exact) mass is 382 g/mol. The van der Waals surface area contributed by atoms with Crippen LogP contribution in [0.2, 0.25) is 0 Å². The number of aryl methyl sites for hydroxylation is 1. The molecule has 0 saturated carbocycles. The number of rotatable bonds is 4. The highest BCUT2D eigenvalue weighted by Crippen LogP contribution is 2.29. The first-order valence-corrected chi connectivity index (χ1v) is 9.20. The maximum absolute atomic E-state index is 14.5. The van der Waals surface area contributed by atoms with Crippen molar-refractivity contribution >= 4 is 17.3 Å². The zero-order valence-electron chi connectivity index (χ0n) is 15.5. The van der Waals surface area contributed by atoms with Gasteiger partial charge in [-0.2, -0.15) is 5.10 Å². The molecular formula is C21H20F2N4O. The average molecular weight is 382 g/mol. The average Bonchev–Trinajstić information content (AvgIpc) is 3.32. The fourth-order valence-corrected chi connectivity index (χ4v) is 3.49. The third-order valence-corrected chi connectivity index (χ3v) is 4.82. The number of benzene rings is 2. The standard InChI is InChI=1S/C21H20F2N4O/c1-14-11-19(25-27(14)16-7-3-2-4-8-16)21(28)24-15-12-17(22)20(18(23)13-15)26-9-5-6-10-26/h2-4,7-8,11-13H,5-6,9-10H2,1H3,(H,24,28). The molecule has 2 aromatic carbocycles. The molecule has 3 aromatic rings. The molecule has 1 N–H and O–H groups in total. The second-order valence-electron chi connectivity index (χ2n) is 6.86. The SMILES string of the molecule is Cc1cc(C(=O)Nc2cc(F)c(N3CCCC3)c(F)c2)nn1-c1ccccc1. The van der Waals surface area contributed by atoms with Gasteiger partial charge in [0.15, 0.2) is 17.3 Å². The minimum Gasteiger partial charge on any atom is -0.367 e. The number of anilines is 2. The van der Waals surface area contributed by atoms with Gasteiger partial charge in [-0.3, -0.25) is 4.79 Å². The Morgan fingerprint density at radius 3 is 2.32 bits per heavy atom. The van der Waals surface area contributed by atoms with Crippen molar-refractivity contribution in [2.75, 3.05) is 23.3 Å². The molecule has 0 bridgehead atoms. The number of halogens is 2. The summed E-state index contributed by atoms with van der Waals surface area (Å²) in [5, 5.41) is 6.85. The van der Waals surface area contributed by atoms with E-state index >= 15 is 0 Å². The molecule has 5 nitrogen and oxygen atoms in total. The Bertz CT molecular complexity index is 987. The molecule has 1 saturated heterocycles. The van der Waals surface area contributed by atoms with E-state index in [9.17, 15) is 13.6 Å². The lowest BCUT2D eigenvalue weighted by Gasteiger charge is -2.19. The van der Waals surface area contributed by atoms with Gasteiger partial charge in [-0.05, 0) is 50.1 Å². The first-order valence-electron chi connectivity index (χ1n) is 9.20. The van der Waals surface area contributed by atoms with Crippen LogP contribution in [0.3, 0.4) is 0 Å². The molecule has 1 amide bonds. The number of nitrogens with one attached hydrogen (secondary N) is 1. The molecular weight excluding hydrogens is 362 g/mol. The molecule has 0 aliphatic carbocycles. The minimum atomic E-state index is -0.678. The predicted octanol–water partition coefficient (Wildman–Crippen LogP) is 4.31. The van der Waals surface area contributed by atoms with Crippen molar-refractivity contribution in [1.29, 1.82) is 0 Å². The number of carbonyl (C=O) groups excluding carboxylic acids is 1. The maximum Gasteiger partial charge on any atom is 0.276 e. The second kappa shape index (κ2) is 7.42. The Morgan fingerprint density at radius 1 is 1.04 bits per heavy atom. The number of carbonyl (C=O) groups is 1. The van der Waals surface area contributed by atoms with Gasteiger partial charge in [0.2, 0.25) is 0 Å². The molecule has 1 aliphatic rings. The van der Waals surface area contributed by atoms with Crippen LogP contribution in [0.1, 0.15) is 29.0 Å². The zero-order chi connectivity index (χ0) is 19.7. The van der Waals surface area contributed by atoms with E-state index in [0.717, 1.165) is 36.4 Å². The van der Waals surface area contributed by atoms with Gasteiger partial charge in [0.1, 0.15) is 5.69 Å². The van der Waals surface area contributed by atoms with Crippen LogP contribution in [0.25, 0.3) is 5.69 Å². The Hall–Kier alpha value is -3.22. The van der Waals surface area contributed by atoms with Crippen LogP contribution < -0.4 is 10.2 Å². The summed E-state index contributed by atoms with van der Waals surface area (Å²) in [6.07, 6.45) is 1.83. The number of hydrogen-bond donors (Lipinski definition) is 1. The van der Waals surface area contributed by atoms with Gasteiger partial charge in [0.05, 0.1) is 5.69 Å². The molecule has 0 spiro atoms. The van der Waals surface area contributed by atoms with E-state index in [1.807, 2.05) is 37.3 Å². The molecule has 2 heterocycles. The summed E-state index contributed by atoms with van der Waals surface area (Å²) in [5.74, 6) is -1.88. The Kier molecular flexibility index (Phi) is 4.81. The first-order chi connectivity index (χ1) is 13.5. The molecule has 4 rings (SSSR count). The highest BCUT2D eigenvalue weighted by Gasteiger charge is 2.22. The molecule has 0 atom stereocenters. The number of hydrogen-bond acceptors (Lipinski definition) is 3. The van der Waals surface area contributed by atoms with Crippen LogP contribution in [0.4, 0.5) is 20.2 Å². The number of aromatic nitrogens is 2. The van der Waals surface area contributed by atoms with E-state index in [1.165, 1.54) is 0 Å². The molecule has 1 aromatic heterocycles. The van der Waals surface area contributed by atoms with Gasteiger partial charge in [0, 0.05) is 24.5 Å². The van der Waals surface area contributed by atoms with Crippen molar-refractivity contribution in [2.24, 2.45) is 0 Å². The van der Waals surface area contributed by atoms with Gasteiger partial charge in [0.25, 0.3) is 5.91 Å². The lowest BCUT2D eigenvalue weighted by molar-refractivity contribution is 0.102. The predicted molar refractivity (Wildman–Crippen MR) is 104 cm³/mol. The van der Waals surface area contributed by atoms with E-state index in [0.29, 0.717) is 13.1 Å². The van der Waals surface area contributed by atoms with E-state index in [2.05, 4.69) is 10.4 Å². The first kappa shape index (κ1) is 18.2. The van der Waals surface area contributed by atoms with Crippen LogP contribution in [0, 0.1) is 18.6 Å². The van der Waals surface area contributed by atoms with Gasteiger partial charge >= 0.3 is 0 Å². The van der Waals surface area contributed by atoms with Crippen molar-refractivity contribution in [3.05, 3.63) is 71.6 Å². The van der Waals surface area contributed by atoms with Crippen molar-refractivity contribution < 1.29 is 13.6 Å². The fourth-order valence-electron chi connectivity index (χ4n) is 3.49. The van der Waals surface area contributed by atoms with E-state index in [4.69, 9.17) is 0 Å². The maximum atomic E-state index is 14.5. The highest BCUT2D eigenvalue weighted by atomic mass is 19.1. The molecule has 0 unspecified atom stereocenters. The molecule has 1 fully saturated rings. The van der Waals surface area contributed by atoms with Gasteiger partial charge in [-0.1, -0.05) is 18.2 Å². The van der Waals surface area contributed by atoms with E-state index in [-0.39, 0.29) is 17.1 Å². The summed E-state index contributed by atoms with van der Waals surface area (Å²) in [5.41, 5.74) is 1.81. The number of para-hydroxylation sites is 1. The van der Waals surface area contributed by atoms with E-state index in [1.54, 1.807) is 15.6 Å². The lowest BCUT2D eigenvalue weighted by Crippen LogP contribution is -2.21. The molecule has 1 aliphatic heterocycles. The summed E-state index contributed by atoms with van der Waals surface area (Å²) < 4.78 is 30.6. The number of amides is 1. The summed E-state index contributed by atoms with van der Waals surface area (Å²) >= 11 is 0. The number of nitrogens with zero attached hydrogens (tertiary/aromatic N) is 3. The lowest BCUT2D eigenvalue weighted by atomic mass is 10.2. The molecule has 7 heteroatoms. The van der Waals surface area contributed by atoms with Crippen molar-refractivity contribution in [1.82, 2.24) is 9.78 Å². The third-order valence-electron chi connectivity index (χ3n) is 4.82. The van der Waals surface area contributed by atoms with Crippen LogP contribution >= 0.6 is 0 Å². The van der Waals surface area contributed by atoms with Crippen LogP contribution in [-0.4, -0.2) is 28.8 Å². The van der Waals surface area contributed by atoms with E-state index < -0.39 is 17.5 Å². The van der Waals surface area contributed by atoms with Gasteiger partial charge < -0.3 is 10.2 Å². The molecule has 28 heavy (non-hydrogen) atoms. The van der Waals surface area contributed by atoms with Crippen molar-refractivity contribution in [3.8, 4) is 5.69 Å². The summed E-state index contributed by atoms with van der Waals surface area (Å²) in [4.78, 5) is 14.2. The van der Waals surface area contributed by atoms with Gasteiger partial charge in [-0.15, -0.1) is 0 Å². The smallest absolute Gasteiger partial charge is 0.276 e. The van der Waals surface area contributed by atoms with Crippen LogP contribution in [0.5, 0.6) is 0 Å². The fraction of sp³-hybridized carbons (Fsp3) is 0.238. The third kappa shape index (κ3) is 3.47. The Morgan fingerprint density at radius 2 is 1.68 bits per heavy atom. The molecule has 0 radical (unpaired) electrons. The second-order valence-corrected chi connectivity index (χ2v) is 6.86. The quantitative estimate of drug-likeness (QED) is 0.732. The van der Waals surface area contributed by atoms with Crippen molar-refractivity contribution in [3.63, 3.8) is 0 Å². The largest absolute Gasteiger partial charge is 0.367 e. The Balaban J connectivity index is 1.56. The van der Waals surface area contributed by atoms with Crippen LogP contribution in [-0.2, 0) is 0 Å². The van der Waals surface area contributed by atoms with Gasteiger partial charge in [-0.25, -0.2) is 13.5 Å². The summed E-state index contributed by atoms with van der Waals surface area (Å²) in [6, 6.07) is 13.3. The van der Waals surface area contributed by atoms with Crippen LogP contribution in [0.15, 0.2) is 48.5 Å². The topological polar surface area (TPSA) is 50.2 Å². The summed E-state index contributed by atoms with van der Waals surface area (Å²) in [6.45, 7) is 3.10. The molecule has 144 valence electrons. The minimum absolute atomic E-state index is 0.0281. The van der Waals surface area contributed by atoms with Crippen molar-refractivity contribution in [2.45, 2.75) is 19.8 Å². The Labute approximate surface area is 161 Å².